The van der Waals surface area contributed by atoms with E-state index < -0.39 is 112 Å². The van der Waals surface area contributed by atoms with Crippen molar-refractivity contribution in [2.24, 2.45) is 0 Å². The Morgan fingerprint density at radius 1 is 0.500 bits per heavy atom. The highest BCUT2D eigenvalue weighted by Gasteiger charge is 2.51. The number of aliphatic hydroxyl groups is 11. The zero-order valence-corrected chi connectivity index (χ0v) is 17.7. The van der Waals surface area contributed by atoms with Gasteiger partial charge in [-0.3, -0.25) is 0 Å². The summed E-state index contributed by atoms with van der Waals surface area (Å²) in [5.74, 6) is 0. The van der Waals surface area contributed by atoms with Crippen molar-refractivity contribution in [3.63, 3.8) is 0 Å². The van der Waals surface area contributed by atoms with Gasteiger partial charge in [0.1, 0.15) is 73.2 Å². The van der Waals surface area contributed by atoms with Gasteiger partial charge in [0.05, 0.1) is 19.8 Å². The fraction of sp³-hybridized carbons (Fsp3) is 1.00. The van der Waals surface area contributed by atoms with Crippen molar-refractivity contribution < 1.29 is 79.9 Å². The lowest BCUT2D eigenvalue weighted by atomic mass is 9.97. The second kappa shape index (κ2) is 11.6. The predicted octanol–water partition coefficient (Wildman–Crippen LogP) is -7.57. The van der Waals surface area contributed by atoms with Crippen molar-refractivity contribution in [1.82, 2.24) is 0 Å². The number of hydrogen-bond acceptors (Lipinski definition) is 16. The van der Waals surface area contributed by atoms with Gasteiger partial charge >= 0.3 is 0 Å². The number of rotatable bonds is 7. The standard InChI is InChI=1S/C18H32O16/c19-1-4-7(21)10(24)12(26)17(32-4)30-3-6-9(23)15(14(28)16(29)31-6)34-18-13(27)11(25)8(22)5(2-20)33-18/h4-29H,1-3H2/t4?,5?,6?,7-,8-,9-,10?,11?,12?,13?,14?,15?,16+,17-,18+/m1/s1. The molecule has 0 aromatic heterocycles. The topological polar surface area (TPSA) is 269 Å². The van der Waals surface area contributed by atoms with Crippen LogP contribution in [0.1, 0.15) is 0 Å². The summed E-state index contributed by atoms with van der Waals surface area (Å²) in [6.07, 6.45) is -24.9. The fourth-order valence-corrected chi connectivity index (χ4v) is 3.94. The first-order valence-electron chi connectivity index (χ1n) is 10.6. The third kappa shape index (κ3) is 5.52. The van der Waals surface area contributed by atoms with Crippen molar-refractivity contribution in [2.45, 2.75) is 92.1 Å². The van der Waals surface area contributed by atoms with Gasteiger partial charge in [-0.05, 0) is 0 Å². The Labute approximate surface area is 192 Å². The van der Waals surface area contributed by atoms with Crippen LogP contribution >= 0.6 is 0 Å². The molecule has 0 saturated carbocycles. The first-order chi connectivity index (χ1) is 16.0. The minimum absolute atomic E-state index is 0.609. The molecule has 3 saturated heterocycles. The Morgan fingerprint density at radius 3 is 1.53 bits per heavy atom. The number of aliphatic hydroxyl groups excluding tert-OH is 11. The molecule has 0 aromatic carbocycles. The molecular weight excluding hydrogens is 472 g/mol. The Hall–Kier alpha value is -0.640. The van der Waals surface area contributed by atoms with Gasteiger partial charge in [-0.15, -0.1) is 0 Å². The van der Waals surface area contributed by atoms with E-state index >= 15 is 0 Å². The first kappa shape index (κ1) is 27.9. The van der Waals surface area contributed by atoms with Crippen LogP contribution in [-0.2, 0) is 23.7 Å². The zero-order chi connectivity index (χ0) is 25.3. The van der Waals surface area contributed by atoms with E-state index in [1.54, 1.807) is 0 Å². The maximum absolute atomic E-state index is 10.6. The average molecular weight is 504 g/mol. The van der Waals surface area contributed by atoms with Crippen LogP contribution in [0, 0.1) is 0 Å². The molecule has 3 aliphatic rings. The Bertz CT molecular complexity index is 637. The highest BCUT2D eigenvalue weighted by atomic mass is 16.7. The molecule has 0 amide bonds. The lowest BCUT2D eigenvalue weighted by Gasteiger charge is -2.45. The van der Waals surface area contributed by atoms with Crippen LogP contribution in [0.25, 0.3) is 0 Å². The molecule has 3 rings (SSSR count). The molecule has 3 aliphatic heterocycles. The van der Waals surface area contributed by atoms with E-state index in [0.29, 0.717) is 0 Å². The van der Waals surface area contributed by atoms with Crippen LogP contribution in [0.15, 0.2) is 0 Å². The van der Waals surface area contributed by atoms with Crippen LogP contribution in [0.5, 0.6) is 0 Å². The molecule has 11 N–H and O–H groups in total. The molecule has 34 heavy (non-hydrogen) atoms. The maximum atomic E-state index is 10.6. The van der Waals surface area contributed by atoms with Gasteiger partial charge in [0.2, 0.25) is 0 Å². The van der Waals surface area contributed by atoms with Crippen molar-refractivity contribution in [3.8, 4) is 0 Å². The van der Waals surface area contributed by atoms with Crippen LogP contribution < -0.4 is 0 Å². The number of ether oxygens (including phenoxy) is 5. The van der Waals surface area contributed by atoms with Gasteiger partial charge in [-0.1, -0.05) is 0 Å². The first-order valence-corrected chi connectivity index (χ1v) is 10.6. The molecule has 0 aromatic rings. The molecule has 0 bridgehead atoms. The smallest absolute Gasteiger partial charge is 0.187 e. The summed E-state index contributed by atoms with van der Waals surface area (Å²) in [7, 11) is 0. The average Bonchev–Trinajstić information content (AvgIpc) is 2.82. The van der Waals surface area contributed by atoms with Gasteiger partial charge in [0.15, 0.2) is 18.9 Å². The molecule has 200 valence electrons. The Balaban J connectivity index is 1.65. The maximum Gasteiger partial charge on any atom is 0.187 e. The lowest BCUT2D eigenvalue weighted by molar-refractivity contribution is -0.361. The van der Waals surface area contributed by atoms with Crippen molar-refractivity contribution in [1.29, 1.82) is 0 Å². The van der Waals surface area contributed by atoms with Crippen LogP contribution in [0.4, 0.5) is 0 Å². The second-order valence-corrected chi connectivity index (χ2v) is 8.37. The van der Waals surface area contributed by atoms with E-state index in [9.17, 15) is 56.2 Å². The quantitative estimate of drug-likeness (QED) is 0.154. The lowest BCUT2D eigenvalue weighted by Crippen LogP contribution is -2.65. The molecule has 0 radical (unpaired) electrons. The molecule has 3 fully saturated rings. The predicted molar refractivity (Wildman–Crippen MR) is 101 cm³/mol. The summed E-state index contributed by atoms with van der Waals surface area (Å²) in [6.45, 7) is -2.06. The normalized spacial score (nSPS) is 52.5. The zero-order valence-electron chi connectivity index (χ0n) is 17.7. The molecule has 0 aliphatic carbocycles. The fourth-order valence-electron chi connectivity index (χ4n) is 3.94. The molecule has 16 nitrogen and oxygen atoms in total. The van der Waals surface area contributed by atoms with Gasteiger partial charge < -0.3 is 79.9 Å². The van der Waals surface area contributed by atoms with E-state index in [0.717, 1.165) is 0 Å². The number of hydrogen-bond donors (Lipinski definition) is 11. The summed E-state index contributed by atoms with van der Waals surface area (Å²) < 4.78 is 26.1. The van der Waals surface area contributed by atoms with Crippen LogP contribution in [0.3, 0.4) is 0 Å². The van der Waals surface area contributed by atoms with Gasteiger partial charge in [-0.2, -0.15) is 0 Å². The van der Waals surface area contributed by atoms with Gasteiger partial charge in [-0.25, -0.2) is 0 Å². The third-order valence-electron chi connectivity index (χ3n) is 6.07. The van der Waals surface area contributed by atoms with Gasteiger partial charge in [0, 0.05) is 0 Å². The largest absolute Gasteiger partial charge is 0.394 e. The van der Waals surface area contributed by atoms with Crippen molar-refractivity contribution >= 4 is 0 Å². The molecule has 3 heterocycles. The monoisotopic (exact) mass is 504 g/mol. The summed E-state index contributed by atoms with van der Waals surface area (Å²) in [4.78, 5) is 0. The highest BCUT2D eigenvalue weighted by molar-refractivity contribution is 4.94. The van der Waals surface area contributed by atoms with E-state index in [-0.39, 0.29) is 0 Å². The molecule has 16 heteroatoms. The minimum atomic E-state index is -1.93. The van der Waals surface area contributed by atoms with Crippen molar-refractivity contribution in [3.05, 3.63) is 0 Å². The third-order valence-corrected chi connectivity index (χ3v) is 6.07. The van der Waals surface area contributed by atoms with Crippen LogP contribution in [0.2, 0.25) is 0 Å². The second-order valence-electron chi connectivity index (χ2n) is 8.37. The summed E-state index contributed by atoms with van der Waals surface area (Å²) in [5.41, 5.74) is 0. The SMILES string of the molecule is OCC1O[C@@H](OCC2O[C@H](O)C(O)C(O[C@@H]3OC(CO)[C@@H](O)C(O)C3O)[C@@H]2O)C(O)C(O)[C@@H]1O. The van der Waals surface area contributed by atoms with Crippen molar-refractivity contribution in [2.75, 3.05) is 19.8 Å². The van der Waals surface area contributed by atoms with Crippen LogP contribution in [-0.4, -0.2) is 168 Å². The van der Waals surface area contributed by atoms with E-state index in [1.807, 2.05) is 0 Å². The van der Waals surface area contributed by atoms with E-state index in [2.05, 4.69) is 0 Å². The van der Waals surface area contributed by atoms with E-state index in [4.69, 9.17) is 23.7 Å². The summed E-state index contributed by atoms with van der Waals surface area (Å²) in [6, 6.07) is 0. The molecular formula is C18H32O16. The minimum Gasteiger partial charge on any atom is -0.394 e. The molecule has 0 spiro atoms. The molecule has 9 unspecified atom stereocenters. The van der Waals surface area contributed by atoms with Gasteiger partial charge in [0.25, 0.3) is 0 Å². The summed E-state index contributed by atoms with van der Waals surface area (Å²) >= 11 is 0. The Morgan fingerprint density at radius 2 is 1.00 bits per heavy atom. The Kier molecular flexibility index (Phi) is 9.54. The van der Waals surface area contributed by atoms with E-state index in [1.165, 1.54) is 0 Å². The summed E-state index contributed by atoms with van der Waals surface area (Å²) in [5, 5.41) is 109. The highest BCUT2D eigenvalue weighted by Crippen LogP contribution is 2.29. The molecule has 15 atom stereocenters.